The minimum atomic E-state index is -3.97. The summed E-state index contributed by atoms with van der Waals surface area (Å²) < 4.78 is 31.7. The Labute approximate surface area is 129 Å². The van der Waals surface area contributed by atoms with Crippen LogP contribution in [0.1, 0.15) is 20.3 Å². The average Bonchev–Trinajstić information content (AvgIpc) is 2.38. The molecule has 1 atom stereocenters. The molecule has 0 radical (unpaired) electrons. The number of carbonyl (C=O) groups is 1. The van der Waals surface area contributed by atoms with E-state index in [1.54, 1.807) is 0 Å². The number of halogens is 1. The van der Waals surface area contributed by atoms with Crippen molar-refractivity contribution < 1.29 is 17.9 Å². The van der Waals surface area contributed by atoms with Crippen molar-refractivity contribution in [1.82, 2.24) is 4.72 Å². The van der Waals surface area contributed by atoms with E-state index in [2.05, 4.69) is 9.46 Å². The van der Waals surface area contributed by atoms with Crippen LogP contribution in [0.4, 0.5) is 5.69 Å². The quantitative estimate of drug-likeness (QED) is 0.610. The van der Waals surface area contributed by atoms with Gasteiger partial charge in [0.25, 0.3) is 0 Å². The molecule has 1 aromatic rings. The SMILES string of the molecule is COC(=O)C(CC(C)C)NS(=O)(=O)c1cc(Cl)ccc1N. The molecule has 0 aromatic heterocycles. The maximum atomic E-state index is 12.4. The molecule has 8 heteroatoms. The van der Waals surface area contributed by atoms with Crippen molar-refractivity contribution in [2.45, 2.75) is 31.2 Å². The first-order chi connectivity index (χ1) is 9.67. The van der Waals surface area contributed by atoms with Crippen molar-refractivity contribution in [2.24, 2.45) is 5.92 Å². The van der Waals surface area contributed by atoms with Crippen LogP contribution >= 0.6 is 11.6 Å². The van der Waals surface area contributed by atoms with E-state index in [1.807, 2.05) is 13.8 Å². The number of nitrogens with one attached hydrogen (secondary N) is 1. The summed E-state index contributed by atoms with van der Waals surface area (Å²) in [7, 11) is -2.77. The highest BCUT2D eigenvalue weighted by molar-refractivity contribution is 7.89. The van der Waals surface area contributed by atoms with Crippen molar-refractivity contribution in [3.05, 3.63) is 23.2 Å². The Hall–Kier alpha value is -1.31. The second-order valence-corrected chi connectivity index (χ2v) is 7.13. The summed E-state index contributed by atoms with van der Waals surface area (Å²) in [4.78, 5) is 11.5. The second-order valence-electron chi connectivity index (χ2n) is 5.01. The van der Waals surface area contributed by atoms with Gasteiger partial charge in [-0.1, -0.05) is 25.4 Å². The summed E-state index contributed by atoms with van der Waals surface area (Å²) >= 11 is 5.79. The number of carbonyl (C=O) groups excluding carboxylic acids is 1. The summed E-state index contributed by atoms with van der Waals surface area (Å²) in [5.74, 6) is -0.540. The lowest BCUT2D eigenvalue weighted by Crippen LogP contribution is -2.42. The summed E-state index contributed by atoms with van der Waals surface area (Å²) in [6.45, 7) is 3.75. The second kappa shape index (κ2) is 7.11. The largest absolute Gasteiger partial charge is 0.468 e. The van der Waals surface area contributed by atoms with E-state index in [9.17, 15) is 13.2 Å². The Bertz CT molecular complexity index is 617. The molecule has 0 spiro atoms. The number of nitrogen functional groups attached to an aromatic ring is 1. The minimum absolute atomic E-state index is 0.0556. The Morgan fingerprint density at radius 1 is 1.43 bits per heavy atom. The maximum Gasteiger partial charge on any atom is 0.323 e. The summed E-state index contributed by atoms with van der Waals surface area (Å²) in [5, 5.41) is 0.239. The Morgan fingerprint density at radius 3 is 2.57 bits per heavy atom. The van der Waals surface area contributed by atoms with Gasteiger partial charge in [0.2, 0.25) is 10.0 Å². The molecule has 0 amide bonds. The number of esters is 1. The van der Waals surface area contributed by atoms with Crippen molar-refractivity contribution in [1.29, 1.82) is 0 Å². The van der Waals surface area contributed by atoms with E-state index < -0.39 is 22.0 Å². The van der Waals surface area contributed by atoms with Gasteiger partial charge in [0.1, 0.15) is 10.9 Å². The molecule has 0 aliphatic heterocycles. The highest BCUT2D eigenvalue weighted by atomic mass is 35.5. The number of methoxy groups -OCH3 is 1. The van der Waals surface area contributed by atoms with E-state index in [4.69, 9.17) is 17.3 Å². The predicted octanol–water partition coefficient (Wildman–Crippen LogP) is 1.79. The molecule has 1 rings (SSSR count). The molecule has 0 saturated carbocycles. The van der Waals surface area contributed by atoms with Crippen LogP contribution in [0.15, 0.2) is 23.1 Å². The molecule has 118 valence electrons. The number of nitrogens with two attached hydrogens (primary N) is 1. The predicted molar refractivity (Wildman–Crippen MR) is 81.4 cm³/mol. The third kappa shape index (κ3) is 4.87. The minimum Gasteiger partial charge on any atom is -0.468 e. The summed E-state index contributed by atoms with van der Waals surface area (Å²) in [5.41, 5.74) is 5.72. The van der Waals surface area contributed by atoms with Crippen LogP contribution in [-0.2, 0) is 19.6 Å². The number of rotatable bonds is 6. The van der Waals surface area contributed by atoms with Crippen LogP contribution in [0.3, 0.4) is 0 Å². The standard InChI is InChI=1S/C13H19ClN2O4S/c1-8(2)6-11(13(17)20-3)16-21(18,19)12-7-9(14)4-5-10(12)15/h4-5,7-8,11,16H,6,15H2,1-3H3. The molecule has 1 unspecified atom stereocenters. The van der Waals surface area contributed by atoms with Crippen molar-refractivity contribution in [3.63, 3.8) is 0 Å². The van der Waals surface area contributed by atoms with Gasteiger partial charge in [-0.25, -0.2) is 8.42 Å². The van der Waals surface area contributed by atoms with Gasteiger partial charge in [0.05, 0.1) is 12.8 Å². The average molecular weight is 335 g/mol. The lowest BCUT2D eigenvalue weighted by atomic mass is 10.1. The van der Waals surface area contributed by atoms with Gasteiger partial charge in [0, 0.05) is 5.02 Å². The molecule has 0 saturated heterocycles. The van der Waals surface area contributed by atoms with E-state index in [-0.39, 0.29) is 21.5 Å². The number of ether oxygens (including phenoxy) is 1. The van der Waals surface area contributed by atoms with Gasteiger partial charge in [0.15, 0.2) is 0 Å². The smallest absolute Gasteiger partial charge is 0.323 e. The Balaban J connectivity index is 3.11. The molecule has 0 heterocycles. The number of hydrogen-bond donors (Lipinski definition) is 2. The van der Waals surface area contributed by atoms with Gasteiger partial charge >= 0.3 is 5.97 Å². The third-order valence-electron chi connectivity index (χ3n) is 2.76. The molecule has 0 aliphatic carbocycles. The molecular formula is C13H19ClN2O4S. The Kier molecular flexibility index (Phi) is 6.00. The molecule has 0 fully saturated rings. The highest BCUT2D eigenvalue weighted by Gasteiger charge is 2.28. The van der Waals surface area contributed by atoms with Crippen molar-refractivity contribution in [2.75, 3.05) is 12.8 Å². The number of sulfonamides is 1. The van der Waals surface area contributed by atoms with Gasteiger partial charge in [-0.05, 0) is 30.5 Å². The zero-order valence-electron chi connectivity index (χ0n) is 12.1. The van der Waals surface area contributed by atoms with Gasteiger partial charge in [-0.15, -0.1) is 0 Å². The van der Waals surface area contributed by atoms with E-state index in [0.29, 0.717) is 6.42 Å². The molecule has 1 aromatic carbocycles. The van der Waals surface area contributed by atoms with Crippen LogP contribution in [0.2, 0.25) is 5.02 Å². The fourth-order valence-corrected chi connectivity index (χ4v) is 3.39. The molecule has 21 heavy (non-hydrogen) atoms. The Morgan fingerprint density at radius 2 is 2.05 bits per heavy atom. The number of anilines is 1. The number of benzene rings is 1. The van der Waals surface area contributed by atoms with Gasteiger partial charge in [-0.2, -0.15) is 4.72 Å². The van der Waals surface area contributed by atoms with Gasteiger partial charge < -0.3 is 10.5 Å². The van der Waals surface area contributed by atoms with Crippen LogP contribution in [0.5, 0.6) is 0 Å². The fraction of sp³-hybridized carbons (Fsp3) is 0.462. The van der Waals surface area contributed by atoms with Crippen molar-refractivity contribution >= 4 is 33.3 Å². The zero-order chi connectivity index (χ0) is 16.2. The number of hydrogen-bond acceptors (Lipinski definition) is 5. The molecule has 6 nitrogen and oxygen atoms in total. The first kappa shape index (κ1) is 17.7. The first-order valence-corrected chi connectivity index (χ1v) is 8.18. The molecule has 3 N–H and O–H groups in total. The van der Waals surface area contributed by atoms with Crippen LogP contribution in [0, 0.1) is 5.92 Å². The first-order valence-electron chi connectivity index (χ1n) is 6.32. The van der Waals surface area contributed by atoms with E-state index >= 15 is 0 Å². The van der Waals surface area contributed by atoms with Crippen LogP contribution in [-0.4, -0.2) is 27.5 Å². The van der Waals surface area contributed by atoms with E-state index in [1.165, 1.54) is 25.3 Å². The molecular weight excluding hydrogens is 316 g/mol. The zero-order valence-corrected chi connectivity index (χ0v) is 13.7. The molecule has 0 bridgehead atoms. The lowest BCUT2D eigenvalue weighted by molar-refractivity contribution is -0.143. The van der Waals surface area contributed by atoms with E-state index in [0.717, 1.165) is 0 Å². The normalized spacial score (nSPS) is 13.2. The fourth-order valence-electron chi connectivity index (χ4n) is 1.80. The van der Waals surface area contributed by atoms with Crippen LogP contribution < -0.4 is 10.5 Å². The maximum absolute atomic E-state index is 12.4. The van der Waals surface area contributed by atoms with Crippen LogP contribution in [0.25, 0.3) is 0 Å². The molecule has 0 aliphatic rings. The topological polar surface area (TPSA) is 98.5 Å². The van der Waals surface area contributed by atoms with Crippen molar-refractivity contribution in [3.8, 4) is 0 Å². The highest BCUT2D eigenvalue weighted by Crippen LogP contribution is 2.23. The summed E-state index contributed by atoms with van der Waals surface area (Å²) in [6, 6.07) is 3.15. The van der Waals surface area contributed by atoms with Gasteiger partial charge in [-0.3, -0.25) is 4.79 Å². The monoisotopic (exact) mass is 334 g/mol. The lowest BCUT2D eigenvalue weighted by Gasteiger charge is -2.19. The third-order valence-corrected chi connectivity index (χ3v) is 4.52. The summed E-state index contributed by atoms with van der Waals surface area (Å²) in [6.07, 6.45) is 0.312.